The highest BCUT2D eigenvalue weighted by Crippen LogP contribution is 2.16. The average molecular weight is 242 g/mol. The number of nitrogens with one attached hydrogen (secondary N) is 2. The van der Waals surface area contributed by atoms with Gasteiger partial charge in [-0.2, -0.15) is 0 Å². The predicted octanol–water partition coefficient (Wildman–Crippen LogP) is -0.0220. The van der Waals surface area contributed by atoms with Crippen LogP contribution in [0.25, 0.3) is 0 Å². The van der Waals surface area contributed by atoms with Gasteiger partial charge in [0.2, 0.25) is 0 Å². The molecule has 0 fully saturated rings. The summed E-state index contributed by atoms with van der Waals surface area (Å²) in [6.07, 6.45) is 0.759. The molecular formula is C10H14N2O5. The number of ether oxygens (including phenoxy) is 1. The zero-order valence-corrected chi connectivity index (χ0v) is 9.73. The Morgan fingerprint density at radius 2 is 2.06 bits per heavy atom. The molecule has 1 heterocycles. The van der Waals surface area contributed by atoms with E-state index in [1.165, 1.54) is 6.92 Å². The van der Waals surface area contributed by atoms with Crippen LogP contribution < -0.4 is 10.6 Å². The van der Waals surface area contributed by atoms with Crippen LogP contribution in [0.1, 0.15) is 20.8 Å². The molecule has 7 heteroatoms. The van der Waals surface area contributed by atoms with E-state index in [4.69, 9.17) is 9.84 Å². The minimum absolute atomic E-state index is 0.350. The van der Waals surface area contributed by atoms with Crippen molar-refractivity contribution >= 4 is 18.0 Å². The number of carbonyl (C=O) groups is 3. The van der Waals surface area contributed by atoms with Crippen LogP contribution in [0.15, 0.2) is 11.8 Å². The second kappa shape index (κ2) is 4.44. The summed E-state index contributed by atoms with van der Waals surface area (Å²) in [4.78, 5) is 33.8. The van der Waals surface area contributed by atoms with Gasteiger partial charge in [0, 0.05) is 0 Å². The lowest BCUT2D eigenvalue weighted by atomic mass is 9.99. The zero-order chi connectivity index (χ0) is 13.2. The largest absolute Gasteiger partial charge is 0.477 e. The van der Waals surface area contributed by atoms with Gasteiger partial charge in [0.05, 0.1) is 6.10 Å². The summed E-state index contributed by atoms with van der Waals surface area (Å²) in [5.74, 6) is -2.02. The molecule has 0 aliphatic carbocycles. The molecule has 0 saturated heterocycles. The summed E-state index contributed by atoms with van der Waals surface area (Å²) in [7, 11) is 0. The molecule has 0 saturated carbocycles. The summed E-state index contributed by atoms with van der Waals surface area (Å²) in [5, 5.41) is 13.2. The lowest BCUT2D eigenvalue weighted by molar-refractivity contribution is -0.152. The van der Waals surface area contributed by atoms with Gasteiger partial charge in [-0.15, -0.1) is 0 Å². The topological polar surface area (TPSA) is 105 Å². The van der Waals surface area contributed by atoms with Gasteiger partial charge in [0.15, 0.2) is 5.54 Å². The number of carboxylic acid groups (broad SMARTS) is 1. The van der Waals surface area contributed by atoms with Crippen LogP contribution in [0, 0.1) is 0 Å². The molecule has 0 aromatic carbocycles. The number of rotatable bonds is 3. The summed E-state index contributed by atoms with van der Waals surface area (Å²) in [5.41, 5.74) is -1.82. The van der Waals surface area contributed by atoms with E-state index in [0.717, 1.165) is 6.08 Å². The van der Waals surface area contributed by atoms with E-state index in [-0.39, 0.29) is 11.8 Å². The predicted molar refractivity (Wildman–Crippen MR) is 57.0 cm³/mol. The molecule has 1 aliphatic rings. The second-order valence-corrected chi connectivity index (χ2v) is 4.10. The minimum atomic E-state index is -1.47. The summed E-state index contributed by atoms with van der Waals surface area (Å²) in [6, 6.07) is -0.756. The molecule has 1 atom stereocenters. The van der Waals surface area contributed by atoms with E-state index in [1.807, 2.05) is 0 Å². The highest BCUT2D eigenvalue weighted by Gasteiger charge is 2.39. The molecule has 1 aliphatic heterocycles. The van der Waals surface area contributed by atoms with Gasteiger partial charge >= 0.3 is 18.0 Å². The maximum atomic E-state index is 11.7. The minimum Gasteiger partial charge on any atom is -0.477 e. The summed E-state index contributed by atoms with van der Waals surface area (Å²) >= 11 is 0. The summed E-state index contributed by atoms with van der Waals surface area (Å²) < 4.78 is 4.95. The van der Waals surface area contributed by atoms with E-state index >= 15 is 0 Å². The Morgan fingerprint density at radius 1 is 1.47 bits per heavy atom. The number of esters is 1. The number of urea groups is 1. The SMILES string of the molecule is CC(C)OC(=O)C1(C)C=C(C(=O)O)NC(=O)N1. The molecule has 3 N–H and O–H groups in total. The Labute approximate surface area is 97.8 Å². The Morgan fingerprint density at radius 3 is 2.53 bits per heavy atom. The summed E-state index contributed by atoms with van der Waals surface area (Å²) in [6.45, 7) is 4.69. The normalized spacial score (nSPS) is 23.5. The number of hydrogen-bond donors (Lipinski definition) is 3. The third-order valence-electron chi connectivity index (χ3n) is 2.05. The van der Waals surface area contributed by atoms with E-state index in [0.29, 0.717) is 0 Å². The number of amides is 2. The Hall–Kier alpha value is -2.05. The van der Waals surface area contributed by atoms with Gasteiger partial charge in [0.25, 0.3) is 0 Å². The van der Waals surface area contributed by atoms with Gasteiger partial charge < -0.3 is 20.5 Å². The van der Waals surface area contributed by atoms with Crippen LogP contribution in [-0.2, 0) is 14.3 Å². The third kappa shape index (κ3) is 2.96. The molecular weight excluding hydrogens is 228 g/mol. The Kier molecular flexibility index (Phi) is 3.40. The molecule has 0 aromatic rings. The van der Waals surface area contributed by atoms with E-state index < -0.39 is 23.5 Å². The molecule has 7 nitrogen and oxygen atoms in total. The van der Waals surface area contributed by atoms with Crippen LogP contribution in [0.3, 0.4) is 0 Å². The van der Waals surface area contributed by atoms with E-state index in [2.05, 4.69) is 10.6 Å². The van der Waals surface area contributed by atoms with Crippen LogP contribution in [0.4, 0.5) is 4.79 Å². The molecule has 0 bridgehead atoms. The maximum absolute atomic E-state index is 11.7. The van der Waals surface area contributed by atoms with Gasteiger partial charge in [-0.1, -0.05) is 0 Å². The van der Waals surface area contributed by atoms with Crippen molar-refractivity contribution < 1.29 is 24.2 Å². The van der Waals surface area contributed by atoms with Gasteiger partial charge in [-0.05, 0) is 26.8 Å². The molecule has 0 radical (unpaired) electrons. The first kappa shape index (κ1) is 13.0. The van der Waals surface area contributed by atoms with Crippen molar-refractivity contribution in [3.63, 3.8) is 0 Å². The molecule has 1 rings (SSSR count). The maximum Gasteiger partial charge on any atom is 0.352 e. The van der Waals surface area contributed by atoms with Crippen LogP contribution >= 0.6 is 0 Å². The van der Waals surface area contributed by atoms with Crippen molar-refractivity contribution in [1.82, 2.24) is 10.6 Å². The van der Waals surface area contributed by atoms with Crippen molar-refractivity contribution in [1.29, 1.82) is 0 Å². The van der Waals surface area contributed by atoms with E-state index in [1.54, 1.807) is 13.8 Å². The highest BCUT2D eigenvalue weighted by atomic mass is 16.5. The molecule has 94 valence electrons. The number of carboxylic acids is 1. The number of carbonyl (C=O) groups excluding carboxylic acids is 2. The fourth-order valence-electron chi connectivity index (χ4n) is 1.31. The molecule has 0 spiro atoms. The highest BCUT2D eigenvalue weighted by molar-refractivity contribution is 5.99. The molecule has 17 heavy (non-hydrogen) atoms. The van der Waals surface area contributed by atoms with E-state index in [9.17, 15) is 14.4 Å². The monoisotopic (exact) mass is 242 g/mol. The quantitative estimate of drug-likeness (QED) is 0.603. The molecule has 1 unspecified atom stereocenters. The van der Waals surface area contributed by atoms with Crippen LogP contribution in [0.2, 0.25) is 0 Å². The third-order valence-corrected chi connectivity index (χ3v) is 2.05. The average Bonchev–Trinajstić information content (AvgIpc) is 2.14. The fraction of sp³-hybridized carbons (Fsp3) is 0.500. The zero-order valence-electron chi connectivity index (χ0n) is 9.73. The van der Waals surface area contributed by atoms with Gasteiger partial charge in [-0.25, -0.2) is 14.4 Å². The standard InChI is InChI=1S/C10H14N2O5/c1-5(2)17-8(15)10(3)4-6(7(13)14)11-9(16)12-10/h4-5H,1-3H3,(H,13,14)(H2,11,12,16). The number of hydrogen-bond acceptors (Lipinski definition) is 4. The van der Waals surface area contributed by atoms with Crippen molar-refractivity contribution in [2.75, 3.05) is 0 Å². The smallest absolute Gasteiger partial charge is 0.352 e. The van der Waals surface area contributed by atoms with Crippen molar-refractivity contribution in [2.24, 2.45) is 0 Å². The second-order valence-electron chi connectivity index (χ2n) is 4.10. The van der Waals surface area contributed by atoms with Gasteiger partial charge in [0.1, 0.15) is 5.70 Å². The molecule has 0 aromatic heterocycles. The lowest BCUT2D eigenvalue weighted by Gasteiger charge is -2.30. The Balaban J connectivity index is 3.01. The first-order valence-corrected chi connectivity index (χ1v) is 5.01. The van der Waals surface area contributed by atoms with Crippen molar-refractivity contribution in [3.8, 4) is 0 Å². The van der Waals surface area contributed by atoms with Crippen molar-refractivity contribution in [3.05, 3.63) is 11.8 Å². The molecule has 2 amide bonds. The Bertz CT molecular complexity index is 402. The first-order chi connectivity index (χ1) is 7.74. The van der Waals surface area contributed by atoms with Gasteiger partial charge in [-0.3, -0.25) is 0 Å². The number of aliphatic carboxylic acids is 1. The lowest BCUT2D eigenvalue weighted by Crippen LogP contribution is -2.59. The van der Waals surface area contributed by atoms with Crippen LogP contribution in [-0.4, -0.2) is 34.7 Å². The first-order valence-electron chi connectivity index (χ1n) is 5.01. The van der Waals surface area contributed by atoms with Crippen molar-refractivity contribution in [2.45, 2.75) is 32.4 Å². The fourth-order valence-corrected chi connectivity index (χ4v) is 1.31. The van der Waals surface area contributed by atoms with Crippen LogP contribution in [0.5, 0.6) is 0 Å².